The summed E-state index contributed by atoms with van der Waals surface area (Å²) in [6.07, 6.45) is 2.07. The van der Waals surface area contributed by atoms with Crippen LogP contribution in [0.1, 0.15) is 25.8 Å². The van der Waals surface area contributed by atoms with E-state index in [1.165, 1.54) is 5.56 Å². The monoisotopic (exact) mass is 239 g/mol. The van der Waals surface area contributed by atoms with Gasteiger partial charge >= 0.3 is 0 Å². The normalized spacial score (nSPS) is 17.6. The summed E-state index contributed by atoms with van der Waals surface area (Å²) in [5.41, 5.74) is 2.25. The molecule has 1 aliphatic heterocycles. The predicted octanol–water partition coefficient (Wildman–Crippen LogP) is 3.51. The van der Waals surface area contributed by atoms with Crippen LogP contribution < -0.4 is 9.64 Å². The summed E-state index contributed by atoms with van der Waals surface area (Å²) < 4.78 is 5.93. The van der Waals surface area contributed by atoms with Gasteiger partial charge in [-0.2, -0.15) is 0 Å². The molecular weight excluding hydrogens is 222 g/mol. The van der Waals surface area contributed by atoms with Crippen LogP contribution in [0.5, 0.6) is 5.75 Å². The Morgan fingerprint density at radius 3 is 2.62 bits per heavy atom. The molecule has 0 N–H and O–H groups in total. The molecule has 0 unspecified atom stereocenters. The van der Waals surface area contributed by atoms with Crippen molar-refractivity contribution in [1.82, 2.24) is 0 Å². The van der Waals surface area contributed by atoms with Crippen molar-refractivity contribution in [2.75, 3.05) is 19.0 Å². The second-order valence-electron chi connectivity index (χ2n) is 5.17. The predicted molar refractivity (Wildman–Crippen MR) is 68.8 cm³/mol. The second-order valence-corrected chi connectivity index (χ2v) is 5.58. The molecule has 0 atom stereocenters. The van der Waals surface area contributed by atoms with Crippen molar-refractivity contribution >= 4 is 17.3 Å². The third-order valence-corrected chi connectivity index (χ3v) is 3.28. The highest BCUT2D eigenvalue weighted by molar-refractivity contribution is 6.32. The van der Waals surface area contributed by atoms with E-state index in [9.17, 15) is 0 Å². The number of ether oxygens (including phenoxy) is 1. The molecule has 0 radical (unpaired) electrons. The number of anilines is 1. The van der Waals surface area contributed by atoms with Crippen LogP contribution in [0.3, 0.4) is 0 Å². The summed E-state index contributed by atoms with van der Waals surface area (Å²) in [6.45, 7) is 4.21. The van der Waals surface area contributed by atoms with Gasteiger partial charge in [0.15, 0.2) is 0 Å². The zero-order valence-corrected chi connectivity index (χ0v) is 11.1. The molecule has 1 aromatic rings. The van der Waals surface area contributed by atoms with Crippen molar-refractivity contribution in [2.24, 2.45) is 0 Å². The summed E-state index contributed by atoms with van der Waals surface area (Å²) >= 11 is 6.27. The Balaban J connectivity index is 2.44. The largest absolute Gasteiger partial charge is 0.486 e. The van der Waals surface area contributed by atoms with E-state index in [1.54, 1.807) is 0 Å². The maximum absolute atomic E-state index is 6.27. The Kier molecular flexibility index (Phi) is 2.79. The van der Waals surface area contributed by atoms with E-state index in [2.05, 4.69) is 24.8 Å². The minimum Gasteiger partial charge on any atom is -0.486 e. The number of aryl methyl sites for hydroxylation is 1. The first kappa shape index (κ1) is 11.6. The molecule has 0 aliphatic carbocycles. The lowest BCUT2D eigenvalue weighted by Gasteiger charge is -2.33. The lowest BCUT2D eigenvalue weighted by Crippen LogP contribution is -2.32. The van der Waals surface area contributed by atoms with Crippen LogP contribution in [0.25, 0.3) is 0 Å². The summed E-state index contributed by atoms with van der Waals surface area (Å²) in [5, 5.41) is 0.717. The average molecular weight is 240 g/mol. The second kappa shape index (κ2) is 3.85. The molecule has 16 heavy (non-hydrogen) atoms. The van der Waals surface area contributed by atoms with Crippen molar-refractivity contribution in [1.29, 1.82) is 0 Å². The molecule has 0 fully saturated rings. The van der Waals surface area contributed by atoms with Gasteiger partial charge in [-0.15, -0.1) is 0 Å². The van der Waals surface area contributed by atoms with Gasteiger partial charge in [0.2, 0.25) is 0 Å². The van der Waals surface area contributed by atoms with E-state index in [0.29, 0.717) is 5.02 Å². The molecule has 0 saturated carbocycles. The number of hydrogen-bond donors (Lipinski definition) is 0. The molecule has 2 nitrogen and oxygen atoms in total. The Bertz CT molecular complexity index is 413. The number of benzene rings is 1. The van der Waals surface area contributed by atoms with Gasteiger partial charge in [-0.1, -0.05) is 11.6 Å². The fourth-order valence-electron chi connectivity index (χ4n) is 1.96. The zero-order chi connectivity index (χ0) is 11.9. The minimum absolute atomic E-state index is 0.101. The Morgan fingerprint density at radius 1 is 1.31 bits per heavy atom. The molecule has 88 valence electrons. The lowest BCUT2D eigenvalue weighted by molar-refractivity contribution is 0.0848. The first-order chi connectivity index (χ1) is 7.39. The summed E-state index contributed by atoms with van der Waals surface area (Å²) in [5.74, 6) is 0.864. The van der Waals surface area contributed by atoms with Gasteiger partial charge in [0.25, 0.3) is 0 Å². The smallest absolute Gasteiger partial charge is 0.142 e. The quantitative estimate of drug-likeness (QED) is 0.744. The molecule has 2 rings (SSSR count). The van der Waals surface area contributed by atoms with Crippen LogP contribution >= 0.6 is 11.6 Å². The van der Waals surface area contributed by atoms with Gasteiger partial charge in [-0.05, 0) is 44.4 Å². The van der Waals surface area contributed by atoms with Gasteiger partial charge in [0.05, 0.1) is 5.02 Å². The van der Waals surface area contributed by atoms with Crippen LogP contribution in [0, 0.1) is 0 Å². The summed E-state index contributed by atoms with van der Waals surface area (Å²) in [4.78, 5) is 2.06. The summed E-state index contributed by atoms with van der Waals surface area (Å²) in [7, 11) is 4.04. The van der Waals surface area contributed by atoms with Crippen molar-refractivity contribution in [3.8, 4) is 5.75 Å². The molecule has 0 amide bonds. The zero-order valence-electron chi connectivity index (χ0n) is 10.3. The first-order valence-corrected chi connectivity index (χ1v) is 5.96. The highest BCUT2D eigenvalue weighted by Crippen LogP contribution is 2.40. The standard InChI is InChI=1S/C13H18ClNO/c1-13(2)6-5-9-7-10(15(3)4)8-11(14)12(9)16-13/h7-8H,5-6H2,1-4H3. The van der Waals surface area contributed by atoms with Crippen LogP contribution in [0.2, 0.25) is 5.02 Å². The van der Waals surface area contributed by atoms with E-state index in [-0.39, 0.29) is 5.60 Å². The third kappa shape index (κ3) is 2.12. The molecule has 1 aromatic carbocycles. The van der Waals surface area contributed by atoms with E-state index >= 15 is 0 Å². The fourth-order valence-corrected chi connectivity index (χ4v) is 2.23. The maximum Gasteiger partial charge on any atom is 0.142 e. The first-order valence-electron chi connectivity index (χ1n) is 5.58. The van der Waals surface area contributed by atoms with E-state index in [1.807, 2.05) is 20.2 Å². The van der Waals surface area contributed by atoms with Gasteiger partial charge in [-0.25, -0.2) is 0 Å². The van der Waals surface area contributed by atoms with E-state index in [0.717, 1.165) is 24.3 Å². The summed E-state index contributed by atoms with van der Waals surface area (Å²) in [6, 6.07) is 4.12. The maximum atomic E-state index is 6.27. The van der Waals surface area contributed by atoms with E-state index in [4.69, 9.17) is 16.3 Å². The average Bonchev–Trinajstić information content (AvgIpc) is 2.18. The van der Waals surface area contributed by atoms with Crippen LogP contribution in [0.4, 0.5) is 5.69 Å². The molecule has 0 bridgehead atoms. The third-order valence-electron chi connectivity index (χ3n) is 3.00. The number of fused-ring (bicyclic) bond motifs is 1. The number of rotatable bonds is 1. The Morgan fingerprint density at radius 2 is 2.00 bits per heavy atom. The molecule has 1 aliphatic rings. The minimum atomic E-state index is -0.101. The highest BCUT2D eigenvalue weighted by Gasteiger charge is 2.28. The van der Waals surface area contributed by atoms with Crippen LogP contribution in [-0.2, 0) is 6.42 Å². The van der Waals surface area contributed by atoms with Crippen molar-refractivity contribution in [3.63, 3.8) is 0 Å². The fraction of sp³-hybridized carbons (Fsp3) is 0.538. The number of nitrogens with zero attached hydrogens (tertiary/aromatic N) is 1. The Hall–Kier alpha value is -0.890. The molecule has 0 spiro atoms. The van der Waals surface area contributed by atoms with Gasteiger partial charge in [-0.3, -0.25) is 0 Å². The topological polar surface area (TPSA) is 12.5 Å². The highest BCUT2D eigenvalue weighted by atomic mass is 35.5. The van der Waals surface area contributed by atoms with Gasteiger partial charge in [0, 0.05) is 19.8 Å². The van der Waals surface area contributed by atoms with Crippen molar-refractivity contribution in [3.05, 3.63) is 22.7 Å². The molecular formula is C13H18ClNO. The van der Waals surface area contributed by atoms with Crippen LogP contribution in [0.15, 0.2) is 12.1 Å². The van der Waals surface area contributed by atoms with Crippen LogP contribution in [-0.4, -0.2) is 19.7 Å². The van der Waals surface area contributed by atoms with Gasteiger partial charge in [0.1, 0.15) is 11.4 Å². The van der Waals surface area contributed by atoms with Crippen molar-refractivity contribution < 1.29 is 4.74 Å². The molecule has 0 saturated heterocycles. The molecule has 3 heteroatoms. The van der Waals surface area contributed by atoms with E-state index < -0.39 is 0 Å². The number of halogens is 1. The van der Waals surface area contributed by atoms with Crippen molar-refractivity contribution in [2.45, 2.75) is 32.3 Å². The molecule has 0 aromatic heterocycles. The SMILES string of the molecule is CN(C)c1cc(Cl)c2c(c1)CCC(C)(C)O2. The molecule has 1 heterocycles. The lowest BCUT2D eigenvalue weighted by atomic mass is 9.94. The Labute approximate surface area is 102 Å². The number of hydrogen-bond acceptors (Lipinski definition) is 2. The van der Waals surface area contributed by atoms with Gasteiger partial charge < -0.3 is 9.64 Å².